The van der Waals surface area contributed by atoms with Gasteiger partial charge < -0.3 is 24.8 Å². The molecule has 0 spiro atoms. The van der Waals surface area contributed by atoms with Gasteiger partial charge in [-0.3, -0.25) is 4.99 Å². The molecule has 0 aliphatic heterocycles. The second-order valence-electron chi connectivity index (χ2n) is 6.73. The molecule has 1 aromatic carbocycles. The molecule has 0 radical (unpaired) electrons. The number of hydrogen-bond donors (Lipinski definition) is 2. The number of halogens is 3. The van der Waals surface area contributed by atoms with Gasteiger partial charge in [0.25, 0.3) is 0 Å². The van der Waals surface area contributed by atoms with Crippen molar-refractivity contribution in [3.05, 3.63) is 23.8 Å². The Kier molecular flexibility index (Phi) is 10.8. The van der Waals surface area contributed by atoms with Crippen LogP contribution in [0.3, 0.4) is 0 Å². The second kappa shape index (κ2) is 12.3. The molecular formula is C19H30F2IN3O3. The largest absolute Gasteiger partial charge is 0.497 e. The van der Waals surface area contributed by atoms with Crippen LogP contribution in [0.2, 0.25) is 0 Å². The van der Waals surface area contributed by atoms with Crippen LogP contribution in [0.25, 0.3) is 0 Å². The van der Waals surface area contributed by atoms with Gasteiger partial charge >= 0.3 is 6.61 Å². The molecule has 9 heteroatoms. The molecule has 1 fully saturated rings. The summed E-state index contributed by atoms with van der Waals surface area (Å²) in [6.45, 7) is -1.04. The molecule has 6 nitrogen and oxygen atoms in total. The van der Waals surface area contributed by atoms with Crippen molar-refractivity contribution in [2.24, 2.45) is 10.4 Å². The van der Waals surface area contributed by atoms with E-state index in [0.29, 0.717) is 23.8 Å². The summed E-state index contributed by atoms with van der Waals surface area (Å²) in [6, 6.07) is 4.86. The lowest BCUT2D eigenvalue weighted by molar-refractivity contribution is -0.0505. The predicted molar refractivity (Wildman–Crippen MR) is 116 cm³/mol. The zero-order valence-electron chi connectivity index (χ0n) is 16.6. The lowest BCUT2D eigenvalue weighted by Crippen LogP contribution is -2.46. The van der Waals surface area contributed by atoms with Crippen LogP contribution in [-0.2, 0) is 11.3 Å². The fourth-order valence-corrected chi connectivity index (χ4v) is 3.19. The standard InChI is InChI=1S/C19H29F2N3O3.HI/c1-22-18(24-13-19(7-4-8-19)9-10-25-2)23-12-14-5-6-15(26-3)11-16(14)27-17(20)21;/h5-6,11,17H,4,7-10,12-13H2,1-3H3,(H2,22,23,24);1H. The number of alkyl halides is 2. The molecule has 0 aromatic heterocycles. The van der Waals surface area contributed by atoms with Crippen LogP contribution in [-0.4, -0.2) is 47.0 Å². The zero-order valence-corrected chi connectivity index (χ0v) is 18.9. The Morgan fingerprint density at radius 2 is 2.00 bits per heavy atom. The highest BCUT2D eigenvalue weighted by molar-refractivity contribution is 14.0. The van der Waals surface area contributed by atoms with Gasteiger partial charge in [-0.1, -0.05) is 6.42 Å². The van der Waals surface area contributed by atoms with Crippen LogP contribution < -0.4 is 20.1 Å². The summed E-state index contributed by atoms with van der Waals surface area (Å²) in [7, 11) is 4.88. The van der Waals surface area contributed by atoms with Crippen LogP contribution in [0, 0.1) is 5.41 Å². The van der Waals surface area contributed by atoms with E-state index in [1.807, 2.05) is 0 Å². The van der Waals surface area contributed by atoms with Gasteiger partial charge in [0.15, 0.2) is 5.96 Å². The first-order chi connectivity index (χ1) is 13.0. The number of methoxy groups -OCH3 is 2. The minimum atomic E-state index is -2.90. The first-order valence-electron chi connectivity index (χ1n) is 9.07. The molecule has 0 unspecified atom stereocenters. The van der Waals surface area contributed by atoms with Crippen molar-refractivity contribution >= 4 is 29.9 Å². The van der Waals surface area contributed by atoms with Gasteiger partial charge in [-0.15, -0.1) is 24.0 Å². The average Bonchev–Trinajstić information content (AvgIpc) is 2.63. The first-order valence-corrected chi connectivity index (χ1v) is 9.07. The van der Waals surface area contributed by atoms with Crippen molar-refractivity contribution in [3.63, 3.8) is 0 Å². The van der Waals surface area contributed by atoms with Crippen molar-refractivity contribution in [2.45, 2.75) is 38.8 Å². The predicted octanol–water partition coefficient (Wildman–Crippen LogP) is 3.79. The van der Waals surface area contributed by atoms with E-state index in [-0.39, 0.29) is 35.1 Å². The molecule has 160 valence electrons. The molecule has 0 atom stereocenters. The summed E-state index contributed by atoms with van der Waals surface area (Å²) in [6.07, 6.45) is 4.59. The van der Waals surface area contributed by atoms with Crippen molar-refractivity contribution in [2.75, 3.05) is 34.4 Å². The second-order valence-corrected chi connectivity index (χ2v) is 6.73. The molecule has 0 saturated heterocycles. The monoisotopic (exact) mass is 513 g/mol. The van der Waals surface area contributed by atoms with Gasteiger partial charge in [0.2, 0.25) is 0 Å². The van der Waals surface area contributed by atoms with Crippen molar-refractivity contribution < 1.29 is 23.0 Å². The quantitative estimate of drug-likeness (QED) is 0.283. The maximum absolute atomic E-state index is 12.7. The highest BCUT2D eigenvalue weighted by Crippen LogP contribution is 2.43. The van der Waals surface area contributed by atoms with Gasteiger partial charge in [-0.25, -0.2) is 0 Å². The van der Waals surface area contributed by atoms with Gasteiger partial charge in [0.05, 0.1) is 7.11 Å². The number of benzene rings is 1. The van der Waals surface area contributed by atoms with Gasteiger partial charge in [-0.05, 0) is 36.8 Å². The van der Waals surface area contributed by atoms with Crippen LogP contribution in [0.5, 0.6) is 11.5 Å². The summed E-state index contributed by atoms with van der Waals surface area (Å²) in [4.78, 5) is 4.22. The summed E-state index contributed by atoms with van der Waals surface area (Å²) >= 11 is 0. The van der Waals surface area contributed by atoms with E-state index < -0.39 is 6.61 Å². The minimum absolute atomic E-state index is 0. The van der Waals surface area contributed by atoms with Crippen molar-refractivity contribution in [3.8, 4) is 11.5 Å². The van der Waals surface area contributed by atoms with Crippen LogP contribution >= 0.6 is 24.0 Å². The molecule has 1 aliphatic carbocycles. The third-order valence-corrected chi connectivity index (χ3v) is 5.04. The van der Waals surface area contributed by atoms with E-state index in [0.717, 1.165) is 19.6 Å². The average molecular weight is 513 g/mol. The molecule has 1 saturated carbocycles. The SMILES string of the molecule is CN=C(NCc1ccc(OC)cc1OC(F)F)NCC1(CCOC)CCC1.I. The molecule has 1 aliphatic rings. The number of nitrogens with one attached hydrogen (secondary N) is 2. The van der Waals surface area contributed by atoms with E-state index >= 15 is 0 Å². The van der Waals surface area contributed by atoms with E-state index in [9.17, 15) is 8.78 Å². The fraction of sp³-hybridized carbons (Fsp3) is 0.632. The number of ether oxygens (including phenoxy) is 3. The Labute approximate surface area is 182 Å². The summed E-state index contributed by atoms with van der Waals surface area (Å²) in [5.41, 5.74) is 0.842. The highest BCUT2D eigenvalue weighted by atomic mass is 127. The first kappa shape index (κ1) is 24.7. The highest BCUT2D eigenvalue weighted by Gasteiger charge is 2.36. The summed E-state index contributed by atoms with van der Waals surface area (Å²) in [5.74, 6) is 1.17. The van der Waals surface area contributed by atoms with Gasteiger partial charge in [0.1, 0.15) is 11.5 Å². The number of nitrogens with zero attached hydrogens (tertiary/aromatic N) is 1. The van der Waals surface area contributed by atoms with E-state index in [4.69, 9.17) is 9.47 Å². The number of guanidine groups is 1. The molecule has 2 N–H and O–H groups in total. The molecule has 0 amide bonds. The minimum Gasteiger partial charge on any atom is -0.497 e. The molecule has 2 rings (SSSR count). The molecular weight excluding hydrogens is 483 g/mol. The fourth-order valence-electron chi connectivity index (χ4n) is 3.19. The van der Waals surface area contributed by atoms with E-state index in [1.165, 1.54) is 32.4 Å². The van der Waals surface area contributed by atoms with E-state index in [1.54, 1.807) is 26.3 Å². The van der Waals surface area contributed by atoms with Gasteiger partial charge in [-0.2, -0.15) is 8.78 Å². The lowest BCUT2D eigenvalue weighted by atomic mass is 9.67. The number of rotatable bonds is 10. The Hall–Kier alpha value is -1.36. The molecule has 28 heavy (non-hydrogen) atoms. The number of hydrogen-bond acceptors (Lipinski definition) is 4. The third-order valence-electron chi connectivity index (χ3n) is 5.04. The Bertz CT molecular complexity index is 628. The maximum Gasteiger partial charge on any atom is 0.387 e. The van der Waals surface area contributed by atoms with Gasteiger partial charge in [0, 0.05) is 45.5 Å². The van der Waals surface area contributed by atoms with Crippen molar-refractivity contribution in [1.29, 1.82) is 0 Å². The summed E-state index contributed by atoms with van der Waals surface area (Å²) in [5, 5.41) is 6.50. The summed E-state index contributed by atoms with van der Waals surface area (Å²) < 4.78 is 40.2. The van der Waals surface area contributed by atoms with Crippen LogP contribution in [0.15, 0.2) is 23.2 Å². The van der Waals surface area contributed by atoms with E-state index in [2.05, 4.69) is 20.4 Å². The molecule has 1 aromatic rings. The molecule has 0 heterocycles. The Morgan fingerprint density at radius 3 is 2.54 bits per heavy atom. The Morgan fingerprint density at radius 1 is 1.25 bits per heavy atom. The van der Waals surface area contributed by atoms with Crippen LogP contribution in [0.1, 0.15) is 31.2 Å². The number of aliphatic imine (C=N–C) groups is 1. The zero-order chi connectivity index (χ0) is 19.7. The maximum atomic E-state index is 12.7. The molecule has 0 bridgehead atoms. The lowest BCUT2D eigenvalue weighted by Gasteiger charge is -2.42. The normalized spacial score (nSPS) is 15.4. The van der Waals surface area contributed by atoms with Crippen molar-refractivity contribution in [1.82, 2.24) is 10.6 Å². The topological polar surface area (TPSA) is 64.1 Å². The smallest absolute Gasteiger partial charge is 0.387 e. The Balaban J connectivity index is 0.00000392. The third kappa shape index (κ3) is 7.23. The van der Waals surface area contributed by atoms with Crippen LogP contribution in [0.4, 0.5) is 8.78 Å².